The van der Waals surface area contributed by atoms with Crippen molar-refractivity contribution in [3.63, 3.8) is 0 Å². The Hall–Kier alpha value is -1.81. The summed E-state index contributed by atoms with van der Waals surface area (Å²) in [5.74, 6) is 0.920. The molecule has 1 aromatic rings. The maximum atomic E-state index is 4.81. The normalized spacial score (nSPS) is 15.2. The summed E-state index contributed by atoms with van der Waals surface area (Å²) in [5, 5.41) is 6.90. The van der Waals surface area contributed by atoms with Crippen LogP contribution in [-0.2, 0) is 13.1 Å². The van der Waals surface area contributed by atoms with E-state index >= 15 is 0 Å². The summed E-state index contributed by atoms with van der Waals surface area (Å²) in [6, 6.07) is 9.14. The fourth-order valence-corrected chi connectivity index (χ4v) is 2.97. The minimum absolute atomic E-state index is 0.480. The third-order valence-electron chi connectivity index (χ3n) is 4.51. The van der Waals surface area contributed by atoms with E-state index in [2.05, 4.69) is 72.7 Å². The zero-order chi connectivity index (χ0) is 17.2. The topological polar surface area (TPSA) is 39.7 Å². The van der Waals surface area contributed by atoms with Gasteiger partial charge < -0.3 is 10.6 Å². The zero-order valence-electron chi connectivity index (χ0n) is 15.4. The molecule has 0 saturated heterocycles. The second-order valence-corrected chi connectivity index (χ2v) is 6.21. The average Bonchev–Trinajstić information content (AvgIpc) is 3.11. The Morgan fingerprint density at radius 3 is 2.38 bits per heavy atom. The van der Waals surface area contributed by atoms with E-state index in [9.17, 15) is 0 Å². The molecule has 1 aromatic carbocycles. The molecule has 0 spiro atoms. The maximum absolute atomic E-state index is 4.81. The van der Waals surface area contributed by atoms with Crippen molar-refractivity contribution in [3.8, 4) is 0 Å². The van der Waals surface area contributed by atoms with E-state index in [0.717, 1.165) is 45.0 Å². The molecular weight excluding hydrogens is 296 g/mol. The standard InChI is InChI=1S/C20H32N4/c1-4-21-20(23-19-13-9-10-14-19)22-15-17-11-7-8-12-18(17)16-24(5-2)6-3/h7-12,19H,4-6,13-16H2,1-3H3,(H2,21,22,23). The molecule has 0 saturated carbocycles. The van der Waals surface area contributed by atoms with Gasteiger partial charge in [0.15, 0.2) is 5.96 Å². The van der Waals surface area contributed by atoms with Crippen molar-refractivity contribution in [3.05, 3.63) is 47.5 Å². The van der Waals surface area contributed by atoms with Crippen molar-refractivity contribution in [2.24, 2.45) is 4.99 Å². The third kappa shape index (κ3) is 5.68. The van der Waals surface area contributed by atoms with Crippen LogP contribution in [0.4, 0.5) is 0 Å². The first kappa shape index (κ1) is 18.5. The van der Waals surface area contributed by atoms with Gasteiger partial charge in [0.25, 0.3) is 0 Å². The van der Waals surface area contributed by atoms with Gasteiger partial charge in [0, 0.05) is 19.1 Å². The van der Waals surface area contributed by atoms with E-state index in [1.807, 2.05) is 0 Å². The molecule has 1 aliphatic rings. The number of nitrogens with zero attached hydrogens (tertiary/aromatic N) is 2. The fourth-order valence-electron chi connectivity index (χ4n) is 2.97. The van der Waals surface area contributed by atoms with Gasteiger partial charge in [-0.25, -0.2) is 4.99 Å². The Morgan fingerprint density at radius 1 is 1.08 bits per heavy atom. The summed E-state index contributed by atoms with van der Waals surface area (Å²) < 4.78 is 0. The molecule has 0 heterocycles. The minimum Gasteiger partial charge on any atom is -0.357 e. The zero-order valence-corrected chi connectivity index (χ0v) is 15.4. The van der Waals surface area contributed by atoms with E-state index in [-0.39, 0.29) is 0 Å². The van der Waals surface area contributed by atoms with E-state index in [4.69, 9.17) is 4.99 Å². The summed E-state index contributed by atoms with van der Waals surface area (Å²) in [6.45, 7) is 11.3. The Balaban J connectivity index is 2.04. The van der Waals surface area contributed by atoms with Crippen molar-refractivity contribution in [1.82, 2.24) is 15.5 Å². The van der Waals surface area contributed by atoms with Crippen LogP contribution in [0.2, 0.25) is 0 Å². The second kappa shape index (κ2) is 10.1. The maximum Gasteiger partial charge on any atom is 0.191 e. The van der Waals surface area contributed by atoms with E-state index < -0.39 is 0 Å². The molecule has 4 heteroatoms. The number of rotatable bonds is 8. The molecule has 1 aliphatic carbocycles. The van der Waals surface area contributed by atoms with Crippen molar-refractivity contribution in [2.45, 2.75) is 52.7 Å². The third-order valence-corrected chi connectivity index (χ3v) is 4.51. The van der Waals surface area contributed by atoms with E-state index in [0.29, 0.717) is 12.6 Å². The first-order valence-electron chi connectivity index (χ1n) is 9.25. The average molecular weight is 329 g/mol. The molecule has 2 rings (SSSR count). The molecule has 0 aromatic heterocycles. The highest BCUT2D eigenvalue weighted by atomic mass is 15.2. The number of hydrogen-bond acceptors (Lipinski definition) is 2. The highest BCUT2D eigenvalue weighted by molar-refractivity contribution is 5.80. The summed E-state index contributed by atoms with van der Waals surface area (Å²) in [6.07, 6.45) is 6.65. The number of nitrogens with one attached hydrogen (secondary N) is 2. The van der Waals surface area contributed by atoms with Crippen LogP contribution in [0.3, 0.4) is 0 Å². The summed E-state index contributed by atoms with van der Waals surface area (Å²) in [5.41, 5.74) is 2.69. The van der Waals surface area contributed by atoms with Crippen LogP contribution >= 0.6 is 0 Å². The number of guanidine groups is 1. The van der Waals surface area contributed by atoms with Gasteiger partial charge in [-0.3, -0.25) is 4.90 Å². The van der Waals surface area contributed by atoms with E-state index in [1.54, 1.807) is 0 Å². The van der Waals surface area contributed by atoms with Gasteiger partial charge in [-0.05, 0) is 44.0 Å². The van der Waals surface area contributed by atoms with Crippen LogP contribution in [0, 0.1) is 0 Å². The van der Waals surface area contributed by atoms with Crippen LogP contribution in [0.1, 0.15) is 44.7 Å². The molecule has 0 atom stereocenters. The van der Waals surface area contributed by atoms with Crippen LogP contribution in [0.25, 0.3) is 0 Å². The minimum atomic E-state index is 0.480. The summed E-state index contributed by atoms with van der Waals surface area (Å²) in [7, 11) is 0. The lowest BCUT2D eigenvalue weighted by atomic mass is 10.1. The van der Waals surface area contributed by atoms with Crippen molar-refractivity contribution in [2.75, 3.05) is 19.6 Å². The molecule has 24 heavy (non-hydrogen) atoms. The highest BCUT2D eigenvalue weighted by Crippen LogP contribution is 2.13. The molecule has 0 aliphatic heterocycles. The largest absolute Gasteiger partial charge is 0.357 e. The predicted molar refractivity (Wildman–Crippen MR) is 103 cm³/mol. The molecule has 0 fully saturated rings. The highest BCUT2D eigenvalue weighted by Gasteiger charge is 2.12. The molecule has 0 unspecified atom stereocenters. The van der Waals surface area contributed by atoms with Gasteiger partial charge in [0.05, 0.1) is 6.54 Å². The first-order chi connectivity index (χ1) is 11.8. The van der Waals surface area contributed by atoms with Gasteiger partial charge in [-0.2, -0.15) is 0 Å². The SMILES string of the molecule is CCNC(=NCc1ccccc1CN(CC)CC)NC1CC=CC1. The van der Waals surface area contributed by atoms with E-state index in [1.165, 1.54) is 11.1 Å². The lowest BCUT2D eigenvalue weighted by molar-refractivity contribution is 0.295. The Morgan fingerprint density at radius 2 is 1.75 bits per heavy atom. The van der Waals surface area contributed by atoms with Gasteiger partial charge >= 0.3 is 0 Å². The molecule has 132 valence electrons. The lowest BCUT2D eigenvalue weighted by Gasteiger charge is -2.20. The molecule has 0 radical (unpaired) electrons. The molecule has 4 nitrogen and oxygen atoms in total. The summed E-state index contributed by atoms with van der Waals surface area (Å²) in [4.78, 5) is 7.26. The number of benzene rings is 1. The number of aliphatic imine (C=N–C) groups is 1. The Labute approximate surface area is 147 Å². The summed E-state index contributed by atoms with van der Waals surface area (Å²) >= 11 is 0. The quantitative estimate of drug-likeness (QED) is 0.437. The molecule has 0 bridgehead atoms. The molecule has 0 amide bonds. The van der Waals surface area contributed by atoms with Gasteiger partial charge in [-0.1, -0.05) is 50.3 Å². The molecule has 2 N–H and O–H groups in total. The van der Waals surface area contributed by atoms with Gasteiger partial charge in [0.2, 0.25) is 0 Å². The Bertz CT molecular complexity index is 538. The van der Waals surface area contributed by atoms with Crippen LogP contribution in [0.5, 0.6) is 0 Å². The van der Waals surface area contributed by atoms with Crippen LogP contribution in [0.15, 0.2) is 41.4 Å². The van der Waals surface area contributed by atoms with Gasteiger partial charge in [0.1, 0.15) is 0 Å². The van der Waals surface area contributed by atoms with Crippen molar-refractivity contribution >= 4 is 5.96 Å². The Kier molecular flexibility index (Phi) is 7.83. The number of hydrogen-bond donors (Lipinski definition) is 2. The first-order valence-corrected chi connectivity index (χ1v) is 9.25. The fraction of sp³-hybridized carbons (Fsp3) is 0.550. The van der Waals surface area contributed by atoms with Crippen LogP contribution < -0.4 is 10.6 Å². The van der Waals surface area contributed by atoms with Gasteiger partial charge in [-0.15, -0.1) is 0 Å². The van der Waals surface area contributed by atoms with Crippen LogP contribution in [-0.4, -0.2) is 36.5 Å². The predicted octanol–water partition coefficient (Wildman–Crippen LogP) is 3.30. The van der Waals surface area contributed by atoms with Crippen molar-refractivity contribution < 1.29 is 0 Å². The van der Waals surface area contributed by atoms with Crippen molar-refractivity contribution in [1.29, 1.82) is 0 Å². The molecular formula is C20H32N4. The second-order valence-electron chi connectivity index (χ2n) is 6.21. The lowest BCUT2D eigenvalue weighted by Crippen LogP contribution is -2.42. The monoisotopic (exact) mass is 328 g/mol. The smallest absolute Gasteiger partial charge is 0.191 e.